The second-order valence-electron chi connectivity index (χ2n) is 10.1. The number of aryl methyl sites for hydroxylation is 2. The van der Waals surface area contributed by atoms with E-state index in [0.717, 1.165) is 42.5 Å². The predicted octanol–water partition coefficient (Wildman–Crippen LogP) is 4.18. The third-order valence-corrected chi connectivity index (χ3v) is 7.97. The summed E-state index contributed by atoms with van der Waals surface area (Å²) < 4.78 is 6.60. The molecule has 0 aromatic heterocycles. The second-order valence-corrected chi connectivity index (χ2v) is 10.1. The maximum absolute atomic E-state index is 14.1. The molecule has 4 aliphatic rings. The van der Waals surface area contributed by atoms with Crippen molar-refractivity contribution in [1.29, 1.82) is 0 Å². The van der Waals surface area contributed by atoms with Gasteiger partial charge in [0.25, 0.3) is 0 Å². The van der Waals surface area contributed by atoms with Gasteiger partial charge in [0.15, 0.2) is 0 Å². The molecule has 6 rings (SSSR count). The first-order valence-electron chi connectivity index (χ1n) is 12.1. The first-order valence-corrected chi connectivity index (χ1v) is 12.1. The van der Waals surface area contributed by atoms with Gasteiger partial charge >= 0.3 is 0 Å². The van der Waals surface area contributed by atoms with Gasteiger partial charge < -0.3 is 10.1 Å². The fraction of sp³-hybridized carbons (Fsp3) is 0.429. The lowest BCUT2D eigenvalue weighted by atomic mass is 9.72. The van der Waals surface area contributed by atoms with E-state index < -0.39 is 17.6 Å². The molecule has 33 heavy (non-hydrogen) atoms. The Morgan fingerprint density at radius 1 is 1.06 bits per heavy atom. The Balaban J connectivity index is 1.45. The van der Waals surface area contributed by atoms with Crippen LogP contribution in [0, 0.1) is 19.8 Å². The summed E-state index contributed by atoms with van der Waals surface area (Å²) in [7, 11) is 0. The molecule has 3 aliphatic heterocycles. The molecule has 5 nitrogen and oxygen atoms in total. The largest absolute Gasteiger partial charge is 0.359 e. The Labute approximate surface area is 194 Å². The summed E-state index contributed by atoms with van der Waals surface area (Å²) in [6.45, 7) is 4.07. The lowest BCUT2D eigenvalue weighted by Crippen LogP contribution is -2.56. The van der Waals surface area contributed by atoms with Crippen LogP contribution >= 0.6 is 0 Å². The van der Waals surface area contributed by atoms with Gasteiger partial charge in [-0.2, -0.15) is 0 Å². The van der Waals surface area contributed by atoms with Crippen LogP contribution in [0.2, 0.25) is 0 Å². The summed E-state index contributed by atoms with van der Waals surface area (Å²) in [6.07, 6.45) is 8.14. The lowest BCUT2D eigenvalue weighted by Gasteiger charge is -2.33. The summed E-state index contributed by atoms with van der Waals surface area (Å²) in [6, 6.07) is 15.7. The van der Waals surface area contributed by atoms with Crippen LogP contribution < -0.4 is 10.2 Å². The van der Waals surface area contributed by atoms with Crippen molar-refractivity contribution in [2.24, 2.45) is 5.92 Å². The normalized spacial score (nSPS) is 32.5. The van der Waals surface area contributed by atoms with Crippen molar-refractivity contribution in [2.45, 2.75) is 69.2 Å². The Kier molecular flexibility index (Phi) is 4.73. The molecule has 5 heteroatoms. The molecule has 2 aromatic carbocycles. The van der Waals surface area contributed by atoms with Gasteiger partial charge in [0, 0.05) is 17.6 Å². The monoisotopic (exact) mass is 442 g/mol. The van der Waals surface area contributed by atoms with Crippen molar-refractivity contribution in [1.82, 2.24) is 5.32 Å². The van der Waals surface area contributed by atoms with Crippen molar-refractivity contribution < 1.29 is 14.3 Å². The molecule has 1 saturated carbocycles. The molecule has 3 heterocycles. The zero-order valence-corrected chi connectivity index (χ0v) is 19.2. The molecule has 2 bridgehead atoms. The molecule has 3 fully saturated rings. The zero-order valence-electron chi connectivity index (χ0n) is 19.2. The van der Waals surface area contributed by atoms with E-state index in [9.17, 15) is 9.59 Å². The number of carbonyl (C=O) groups is 2. The van der Waals surface area contributed by atoms with Crippen LogP contribution in [0.15, 0.2) is 60.7 Å². The van der Waals surface area contributed by atoms with Crippen molar-refractivity contribution in [3.8, 4) is 0 Å². The fourth-order valence-corrected chi connectivity index (χ4v) is 6.45. The molecule has 2 aromatic rings. The van der Waals surface area contributed by atoms with E-state index in [4.69, 9.17) is 4.74 Å². The number of hydrogen-bond acceptors (Lipinski definition) is 3. The number of benzene rings is 2. The lowest BCUT2D eigenvalue weighted by molar-refractivity contribution is -0.127. The summed E-state index contributed by atoms with van der Waals surface area (Å²) in [5, 5.41) is 3.26. The number of carbonyl (C=O) groups excluding carboxylic acids is 2. The van der Waals surface area contributed by atoms with Crippen LogP contribution in [0.4, 0.5) is 5.69 Å². The third kappa shape index (κ3) is 3.09. The van der Waals surface area contributed by atoms with Crippen LogP contribution in [-0.4, -0.2) is 35.6 Å². The minimum absolute atomic E-state index is 0.0235. The highest BCUT2D eigenvalue weighted by Gasteiger charge is 2.71. The number of nitrogens with zero attached hydrogens (tertiary/aromatic N) is 1. The SMILES string of the molecule is Cc1ccc([C@@H]2[C@H]3C=C[C@@]4(O3)[C@H]2C(=O)N(c2cccc(C)c2)[C@@H]4C(=O)NC2CCCC2)cc1. The fourth-order valence-electron chi connectivity index (χ4n) is 6.45. The molecular formula is C28H30N2O3. The average molecular weight is 443 g/mol. The van der Waals surface area contributed by atoms with Crippen molar-refractivity contribution >= 4 is 17.5 Å². The first-order chi connectivity index (χ1) is 16.0. The standard InChI is InChI=1S/C28H30N2O3/c1-17-10-12-19(13-11-17)23-22-14-15-28(33-22)24(23)27(32)30(21-9-5-6-18(2)16-21)25(28)26(31)29-20-7-3-4-8-20/h5-6,9-16,20,22-25H,3-4,7-8H2,1-2H3,(H,29,31)/t22-,23-,24-,25-,28-/m1/s1. The number of amides is 2. The number of anilines is 1. The van der Waals surface area contributed by atoms with E-state index in [1.54, 1.807) is 4.90 Å². The third-order valence-electron chi connectivity index (χ3n) is 7.97. The number of ether oxygens (including phenoxy) is 1. The second kappa shape index (κ2) is 7.56. The molecule has 0 radical (unpaired) electrons. The van der Waals surface area contributed by atoms with Crippen LogP contribution in [0.5, 0.6) is 0 Å². The van der Waals surface area contributed by atoms with E-state index in [1.165, 1.54) is 5.56 Å². The minimum atomic E-state index is -0.941. The van der Waals surface area contributed by atoms with Gasteiger partial charge in [-0.1, -0.05) is 67.0 Å². The maximum atomic E-state index is 14.1. The van der Waals surface area contributed by atoms with Crippen LogP contribution in [0.3, 0.4) is 0 Å². The van der Waals surface area contributed by atoms with E-state index in [2.05, 4.69) is 42.6 Å². The smallest absolute Gasteiger partial charge is 0.246 e. The van der Waals surface area contributed by atoms with Gasteiger partial charge in [-0.25, -0.2) is 0 Å². The molecule has 1 N–H and O–H groups in total. The van der Waals surface area contributed by atoms with Gasteiger partial charge in [-0.15, -0.1) is 0 Å². The topological polar surface area (TPSA) is 58.6 Å². The summed E-state index contributed by atoms with van der Waals surface area (Å²) in [4.78, 5) is 29.6. The number of rotatable bonds is 4. The summed E-state index contributed by atoms with van der Waals surface area (Å²) in [5.74, 6) is -0.645. The van der Waals surface area contributed by atoms with E-state index >= 15 is 0 Å². The van der Waals surface area contributed by atoms with Gasteiger partial charge in [0.2, 0.25) is 11.8 Å². The molecule has 2 amide bonds. The van der Waals surface area contributed by atoms with Crippen molar-refractivity contribution in [3.63, 3.8) is 0 Å². The molecular weight excluding hydrogens is 412 g/mol. The summed E-state index contributed by atoms with van der Waals surface area (Å²) in [5.41, 5.74) is 3.15. The molecule has 0 unspecified atom stereocenters. The van der Waals surface area contributed by atoms with Gasteiger partial charge in [0.05, 0.1) is 12.0 Å². The summed E-state index contributed by atoms with van der Waals surface area (Å²) >= 11 is 0. The van der Waals surface area contributed by atoms with Gasteiger partial charge in [-0.05, 0) is 49.9 Å². The van der Waals surface area contributed by atoms with Crippen LogP contribution in [-0.2, 0) is 14.3 Å². The Morgan fingerprint density at radius 3 is 2.55 bits per heavy atom. The van der Waals surface area contributed by atoms with E-state index in [-0.39, 0.29) is 29.9 Å². The van der Waals surface area contributed by atoms with Crippen LogP contribution in [0.25, 0.3) is 0 Å². The maximum Gasteiger partial charge on any atom is 0.246 e. The molecule has 2 saturated heterocycles. The van der Waals surface area contributed by atoms with Crippen molar-refractivity contribution in [3.05, 3.63) is 77.4 Å². The molecule has 1 aliphatic carbocycles. The highest BCUT2D eigenvalue weighted by atomic mass is 16.5. The molecule has 1 spiro atoms. The molecule has 170 valence electrons. The van der Waals surface area contributed by atoms with Crippen molar-refractivity contribution in [2.75, 3.05) is 4.90 Å². The van der Waals surface area contributed by atoms with E-state index in [0.29, 0.717) is 0 Å². The Bertz CT molecular complexity index is 1130. The van der Waals surface area contributed by atoms with Crippen LogP contribution in [0.1, 0.15) is 48.3 Å². The number of nitrogens with one attached hydrogen (secondary N) is 1. The first kappa shape index (κ1) is 20.7. The highest BCUT2D eigenvalue weighted by Crippen LogP contribution is 2.59. The Morgan fingerprint density at radius 2 is 1.82 bits per heavy atom. The zero-order chi connectivity index (χ0) is 22.7. The Hall–Kier alpha value is -2.92. The molecule has 5 atom stereocenters. The predicted molar refractivity (Wildman–Crippen MR) is 127 cm³/mol. The van der Waals surface area contributed by atoms with Gasteiger partial charge in [-0.3, -0.25) is 14.5 Å². The number of fused-ring (bicyclic) bond motifs is 1. The highest BCUT2D eigenvalue weighted by molar-refractivity contribution is 6.09. The minimum Gasteiger partial charge on any atom is -0.359 e. The van der Waals surface area contributed by atoms with Gasteiger partial charge in [0.1, 0.15) is 11.6 Å². The quantitative estimate of drug-likeness (QED) is 0.723. The average Bonchev–Trinajstić information content (AvgIpc) is 3.56. The number of hydrogen-bond donors (Lipinski definition) is 1. The van der Waals surface area contributed by atoms with E-state index in [1.807, 2.05) is 37.3 Å².